The second-order valence-corrected chi connectivity index (χ2v) is 25.0. The van der Waals surface area contributed by atoms with E-state index >= 15 is 14.4 Å². The van der Waals surface area contributed by atoms with Crippen LogP contribution < -0.4 is 48.4 Å². The smallest absolute Gasteiger partial charge is 0.410 e. The standard InChI is InChI=1S/C71H84N16O17/c1-83(71(98)104-44-49-19-9-4-10-20-49)42-62(90)76-54(22-13-35-74-70(72)82-87(101)102)63(91)78-56-32-33-61(89)73-34-12-11-21-55(77-66(94)57(79-65(56)93)37-47-26-30-53(88)31-27-47)64(92)80-58(39-51-41-84(45-75-51)40-48-17-7-3-8-18-48)68(96)85-36-14-23-60(85)67(95)81-59(38-46-15-5-2-6-16-46)69(97)103-43-50-24-28-52(29-25-50)86(99)100/h2-10,15-20,24-31,41,45,54-60,88H,11-14,21-23,32-40,42-44H2,1H3,(H,73,89)(H,76,90)(H,77,94)(H,78,91)(H,79,93)(H,80,92)(H,81,95)(H3,72,74,82)/t54-,55?,56?,57?,58-,59-,60-/m0/s1. The Labute approximate surface area is 597 Å². The van der Waals surface area contributed by atoms with E-state index in [1.165, 1.54) is 60.5 Å². The number of nitrogens with two attached hydrogens (primary N) is 1. The summed E-state index contributed by atoms with van der Waals surface area (Å²) < 4.78 is 12.8. The summed E-state index contributed by atoms with van der Waals surface area (Å²) in [6.07, 6.45) is 1.75. The van der Waals surface area contributed by atoms with Gasteiger partial charge in [0.1, 0.15) is 67.8 Å². The predicted molar refractivity (Wildman–Crippen MR) is 374 cm³/mol. The number of nitro benzene ring substituents is 1. The molecule has 1 aromatic heterocycles. The Kier molecular flexibility index (Phi) is 29.1. The molecule has 5 aromatic carbocycles. The molecule has 11 N–H and O–H groups in total. The Hall–Kier alpha value is -12.3. The summed E-state index contributed by atoms with van der Waals surface area (Å²) in [6.45, 7) is -0.710. The van der Waals surface area contributed by atoms with Crippen LogP contribution >= 0.6 is 0 Å². The molecule has 2 fully saturated rings. The van der Waals surface area contributed by atoms with E-state index in [0.717, 1.165) is 10.5 Å². The number of guanidine groups is 1. The van der Waals surface area contributed by atoms with Crippen LogP contribution in [0.1, 0.15) is 91.3 Å². The fourth-order valence-corrected chi connectivity index (χ4v) is 11.6. The SMILES string of the molecule is CN(CC(=O)N[C@@H](CCCN=C(N)N[N+](=O)[O-])C(=O)NC1CCC(=O)NCCCCC(C(=O)N[C@@H](Cc2cn(Cc3ccccc3)cn2)C(=O)N2CCC[C@H]2C(=O)N[C@@H](Cc2ccccc2)C(=O)OCc2ccc([N+](=O)[O-])cc2)NC(=O)C(Cc2ccc(O)cc2)NC1=O)C(=O)OCc1ccccc1. The molecule has 33 heteroatoms. The highest BCUT2D eigenvalue weighted by Crippen LogP contribution is 2.23. The van der Waals surface area contributed by atoms with Crippen molar-refractivity contribution in [1.82, 2.24) is 62.0 Å². The highest BCUT2D eigenvalue weighted by molar-refractivity contribution is 5.98. The van der Waals surface area contributed by atoms with Crippen LogP contribution in [-0.2, 0) is 91.6 Å². The maximum Gasteiger partial charge on any atom is 0.410 e. The van der Waals surface area contributed by atoms with Crippen LogP contribution in [0.4, 0.5) is 10.5 Å². The van der Waals surface area contributed by atoms with Gasteiger partial charge in [-0.15, -0.1) is 0 Å². The average molecular weight is 1430 g/mol. The number of phenols is 1. The first kappa shape index (κ1) is 77.4. The minimum atomic E-state index is -1.61. The molecule has 0 saturated carbocycles. The molecule has 3 unspecified atom stereocenters. The number of imidazole rings is 1. The molecule has 9 amide bonds. The number of likely N-dealkylation sites (tertiary alicyclic amines) is 1. The minimum Gasteiger partial charge on any atom is -0.508 e. The van der Waals surface area contributed by atoms with Gasteiger partial charge in [0, 0.05) is 77.2 Å². The molecule has 0 spiro atoms. The van der Waals surface area contributed by atoms with Crippen LogP contribution in [0.5, 0.6) is 5.75 Å². The lowest BCUT2D eigenvalue weighted by molar-refractivity contribution is -0.525. The van der Waals surface area contributed by atoms with Gasteiger partial charge in [0.2, 0.25) is 47.3 Å². The highest BCUT2D eigenvalue weighted by atomic mass is 16.7. The first-order chi connectivity index (χ1) is 50.0. The molecule has 2 saturated heterocycles. The molecule has 104 heavy (non-hydrogen) atoms. The van der Waals surface area contributed by atoms with Gasteiger partial charge in [-0.3, -0.25) is 48.5 Å². The summed E-state index contributed by atoms with van der Waals surface area (Å²) in [5, 5.41) is 50.6. The van der Waals surface area contributed by atoms with Crippen molar-refractivity contribution in [3.63, 3.8) is 0 Å². The predicted octanol–water partition coefficient (Wildman–Crippen LogP) is 2.44. The maximum atomic E-state index is 15.4. The Morgan fingerprint density at radius 1 is 0.721 bits per heavy atom. The first-order valence-electron chi connectivity index (χ1n) is 33.8. The van der Waals surface area contributed by atoms with Gasteiger partial charge in [-0.05, 0) is 103 Å². The molecule has 0 radical (unpaired) electrons. The second-order valence-electron chi connectivity index (χ2n) is 25.0. The monoisotopic (exact) mass is 1430 g/mol. The summed E-state index contributed by atoms with van der Waals surface area (Å²) >= 11 is 0. The molecule has 0 bridgehead atoms. The molecule has 8 rings (SSSR count). The number of rotatable bonds is 29. The van der Waals surface area contributed by atoms with E-state index in [1.807, 2.05) is 30.3 Å². The topological polar surface area (TPSA) is 455 Å². The van der Waals surface area contributed by atoms with Gasteiger partial charge in [0.05, 0.1) is 16.9 Å². The number of nitrogens with zero attached hydrogens (tertiary/aromatic N) is 7. The maximum absolute atomic E-state index is 15.4. The lowest BCUT2D eigenvalue weighted by Gasteiger charge is -2.31. The Morgan fingerprint density at radius 2 is 1.37 bits per heavy atom. The van der Waals surface area contributed by atoms with Crippen molar-refractivity contribution in [3.8, 4) is 5.75 Å². The van der Waals surface area contributed by atoms with Gasteiger partial charge in [0.15, 0.2) is 5.03 Å². The van der Waals surface area contributed by atoms with E-state index in [2.05, 4.69) is 47.2 Å². The third-order valence-electron chi connectivity index (χ3n) is 17.0. The van der Waals surface area contributed by atoms with Crippen molar-refractivity contribution in [2.75, 3.05) is 33.2 Å². The third kappa shape index (κ3) is 24.8. The number of aliphatic imine (C=N–C) groups is 1. The number of phenolic OH excluding ortho intramolecular Hbond substituents is 1. The molecular formula is C71H84N16O17. The number of nitro groups is 2. The summed E-state index contributed by atoms with van der Waals surface area (Å²) in [4.78, 5) is 176. The summed E-state index contributed by atoms with van der Waals surface area (Å²) in [7, 11) is 1.29. The summed E-state index contributed by atoms with van der Waals surface area (Å²) in [5.41, 5.74) is 10.6. The fraction of sp³-hybridized carbons (Fsp3) is 0.380. The van der Waals surface area contributed by atoms with Gasteiger partial charge in [-0.25, -0.2) is 29.7 Å². The van der Waals surface area contributed by atoms with E-state index in [4.69, 9.17) is 15.2 Å². The average Bonchev–Trinajstić information content (AvgIpc) is 1.62. The third-order valence-corrected chi connectivity index (χ3v) is 17.0. The van der Waals surface area contributed by atoms with Gasteiger partial charge in [-0.1, -0.05) is 109 Å². The largest absolute Gasteiger partial charge is 0.508 e. The number of ether oxygens (including phenoxy) is 2. The number of aromatic nitrogens is 2. The summed E-state index contributed by atoms with van der Waals surface area (Å²) in [6, 6.07) is 28.1. The second kappa shape index (κ2) is 39.0. The molecule has 550 valence electrons. The van der Waals surface area contributed by atoms with Crippen LogP contribution in [0.15, 0.2) is 157 Å². The summed E-state index contributed by atoms with van der Waals surface area (Å²) in [5.74, 6) is -8.05. The first-order valence-corrected chi connectivity index (χ1v) is 33.8. The lowest BCUT2D eigenvalue weighted by atomic mass is 10.0. The molecule has 2 aliphatic rings. The Morgan fingerprint density at radius 3 is 2.05 bits per heavy atom. The molecule has 6 aromatic rings. The van der Waals surface area contributed by atoms with Gasteiger partial charge >= 0.3 is 12.1 Å². The van der Waals surface area contributed by atoms with Crippen molar-refractivity contribution in [3.05, 3.63) is 206 Å². The van der Waals surface area contributed by atoms with Gasteiger partial charge < -0.3 is 71.9 Å². The number of aromatic hydroxyl groups is 1. The molecule has 33 nitrogen and oxygen atoms in total. The minimum absolute atomic E-state index is 0.0169. The van der Waals surface area contributed by atoms with E-state index < -0.39 is 124 Å². The number of carbonyl (C=O) groups is 10. The van der Waals surface area contributed by atoms with Crippen molar-refractivity contribution < 1.29 is 72.5 Å². The number of hydrazine groups is 1. The van der Waals surface area contributed by atoms with E-state index in [1.54, 1.807) is 83.2 Å². The zero-order valence-electron chi connectivity index (χ0n) is 57.1. The highest BCUT2D eigenvalue weighted by Gasteiger charge is 2.41. The van der Waals surface area contributed by atoms with Crippen LogP contribution in [-0.4, -0.2) is 175 Å². The van der Waals surface area contributed by atoms with Gasteiger partial charge in [0.25, 0.3) is 11.6 Å². The Balaban J connectivity index is 1.04. The zero-order chi connectivity index (χ0) is 74.5. The number of hydrogen-bond donors (Lipinski definition) is 10. The van der Waals surface area contributed by atoms with E-state index in [0.29, 0.717) is 40.9 Å². The van der Waals surface area contributed by atoms with Crippen LogP contribution in [0.25, 0.3) is 0 Å². The van der Waals surface area contributed by atoms with Crippen molar-refractivity contribution >= 4 is 71.0 Å². The fourth-order valence-electron chi connectivity index (χ4n) is 11.6. The molecule has 3 heterocycles. The number of likely N-dealkylation sites (N-methyl/N-ethyl adjacent to an activating group) is 1. The van der Waals surface area contributed by atoms with E-state index in [-0.39, 0.29) is 115 Å². The molecule has 7 atom stereocenters. The van der Waals surface area contributed by atoms with Crippen LogP contribution in [0, 0.1) is 20.2 Å². The quantitative estimate of drug-likeness (QED) is 0.00805. The zero-order valence-corrected chi connectivity index (χ0v) is 57.1. The number of benzene rings is 5. The normalized spacial score (nSPS) is 17.5. The van der Waals surface area contributed by atoms with Gasteiger partial charge in [-0.2, -0.15) is 0 Å². The Bertz CT molecular complexity index is 3980. The lowest BCUT2D eigenvalue weighted by Crippen LogP contribution is -2.60. The van der Waals surface area contributed by atoms with Crippen LogP contribution in [0.2, 0.25) is 0 Å². The number of amides is 9. The molecule has 2 aliphatic heterocycles. The van der Waals surface area contributed by atoms with Crippen molar-refractivity contribution in [2.24, 2.45) is 10.7 Å². The number of non-ortho nitro benzene ring substituents is 1. The molecule has 0 aliphatic carbocycles. The van der Waals surface area contributed by atoms with Crippen molar-refractivity contribution in [2.45, 2.75) is 139 Å². The van der Waals surface area contributed by atoms with Crippen LogP contribution in [0.3, 0.4) is 0 Å². The number of hydrogen-bond acceptors (Lipinski definition) is 19. The number of carbonyl (C=O) groups excluding carboxylic acids is 10. The van der Waals surface area contributed by atoms with Crippen molar-refractivity contribution in [1.29, 1.82) is 0 Å². The number of esters is 1. The molecular weight excluding hydrogens is 1350 g/mol. The number of nitrogens with one attached hydrogen (secondary N) is 8. The van der Waals surface area contributed by atoms with E-state index in [9.17, 15) is 58.9 Å².